The van der Waals surface area contributed by atoms with E-state index in [1.807, 2.05) is 0 Å². The first-order valence-corrected chi connectivity index (χ1v) is 6.31. The van der Waals surface area contributed by atoms with E-state index in [0.717, 1.165) is 0 Å². The number of sulfonamides is 1. The summed E-state index contributed by atoms with van der Waals surface area (Å²) in [4.78, 5) is 0. The molecule has 0 spiro atoms. The molecule has 0 saturated carbocycles. The van der Waals surface area contributed by atoms with E-state index in [0.29, 0.717) is 12.0 Å². The smallest absolute Gasteiger partial charge is 0.212 e. The highest BCUT2D eigenvalue weighted by Gasteiger charge is 2.20. The molecule has 0 heterocycles. The van der Waals surface area contributed by atoms with Gasteiger partial charge in [-0.15, -0.1) is 0 Å². The zero-order valence-corrected chi connectivity index (χ0v) is 9.30. The van der Waals surface area contributed by atoms with E-state index in [2.05, 4.69) is 0 Å². The zero-order valence-electron chi connectivity index (χ0n) is 8.48. The van der Waals surface area contributed by atoms with Crippen LogP contribution in [0.5, 0.6) is 0 Å². The average Bonchev–Trinajstić information content (AvgIpc) is 2.14. The highest BCUT2D eigenvalue weighted by Crippen LogP contribution is 2.14. The summed E-state index contributed by atoms with van der Waals surface area (Å²) in [5, 5.41) is 4.32. The van der Waals surface area contributed by atoms with Crippen LogP contribution < -0.4 is 5.14 Å². The second kappa shape index (κ2) is 4.72. The van der Waals surface area contributed by atoms with Crippen LogP contribution in [0.25, 0.3) is 0 Å². The molecule has 0 saturated heterocycles. The number of rotatable bonds is 4. The van der Waals surface area contributed by atoms with Gasteiger partial charge < -0.3 is 0 Å². The number of primary sulfonamides is 1. The fraction of sp³-hybridized carbons (Fsp3) is 0.400. The summed E-state index contributed by atoms with van der Waals surface area (Å²) in [5.74, 6) is -0.389. The number of benzene rings is 1. The fourth-order valence-electron chi connectivity index (χ4n) is 1.40. The van der Waals surface area contributed by atoms with Gasteiger partial charge >= 0.3 is 0 Å². The lowest BCUT2D eigenvalue weighted by atomic mass is 10.1. The largest absolute Gasteiger partial charge is 0.228 e. The molecule has 0 aromatic heterocycles. The minimum absolute atomic E-state index is 0.127. The van der Waals surface area contributed by atoms with E-state index < -0.39 is 15.3 Å². The van der Waals surface area contributed by atoms with Crippen molar-refractivity contribution in [2.75, 3.05) is 0 Å². The van der Waals surface area contributed by atoms with Gasteiger partial charge in [0.1, 0.15) is 5.82 Å². The molecule has 0 amide bonds. The maximum atomic E-state index is 13.2. The summed E-state index contributed by atoms with van der Waals surface area (Å²) >= 11 is 0. The molecular formula is C10H14FNO2S. The zero-order chi connectivity index (χ0) is 11.5. The predicted molar refractivity (Wildman–Crippen MR) is 57.3 cm³/mol. The van der Waals surface area contributed by atoms with Crippen molar-refractivity contribution in [1.29, 1.82) is 0 Å². The van der Waals surface area contributed by atoms with Gasteiger partial charge in [-0.1, -0.05) is 25.1 Å². The van der Waals surface area contributed by atoms with Crippen molar-refractivity contribution >= 4 is 10.0 Å². The normalized spacial score (nSPS) is 13.8. The Morgan fingerprint density at radius 1 is 1.40 bits per heavy atom. The molecule has 15 heavy (non-hydrogen) atoms. The first-order chi connectivity index (χ1) is 6.95. The van der Waals surface area contributed by atoms with Crippen LogP contribution in [0.4, 0.5) is 4.39 Å². The van der Waals surface area contributed by atoms with Gasteiger partial charge in [0.2, 0.25) is 10.0 Å². The second-order valence-electron chi connectivity index (χ2n) is 3.41. The van der Waals surface area contributed by atoms with E-state index in [-0.39, 0.29) is 12.2 Å². The summed E-state index contributed by atoms with van der Waals surface area (Å²) < 4.78 is 35.5. The molecule has 0 fully saturated rings. The lowest BCUT2D eigenvalue weighted by Crippen LogP contribution is -2.30. The molecule has 1 rings (SSSR count). The first-order valence-electron chi connectivity index (χ1n) is 4.70. The highest BCUT2D eigenvalue weighted by molar-refractivity contribution is 7.89. The Morgan fingerprint density at radius 2 is 2.00 bits per heavy atom. The van der Waals surface area contributed by atoms with Crippen molar-refractivity contribution in [1.82, 2.24) is 0 Å². The van der Waals surface area contributed by atoms with Crippen molar-refractivity contribution < 1.29 is 12.8 Å². The number of halogens is 1. The van der Waals surface area contributed by atoms with Crippen LogP contribution in [0.2, 0.25) is 0 Å². The third-order valence-electron chi connectivity index (χ3n) is 2.33. The Bertz CT molecular complexity index is 431. The van der Waals surface area contributed by atoms with E-state index >= 15 is 0 Å². The Balaban J connectivity index is 2.90. The molecule has 0 aliphatic carbocycles. The van der Waals surface area contributed by atoms with Crippen molar-refractivity contribution in [3.63, 3.8) is 0 Å². The summed E-state index contributed by atoms with van der Waals surface area (Å²) in [7, 11) is -3.60. The van der Waals surface area contributed by atoms with Crippen LogP contribution in [0.1, 0.15) is 18.9 Å². The van der Waals surface area contributed by atoms with E-state index in [1.54, 1.807) is 25.1 Å². The van der Waals surface area contributed by atoms with E-state index in [1.165, 1.54) is 6.07 Å². The van der Waals surface area contributed by atoms with Gasteiger partial charge in [0.15, 0.2) is 0 Å². The van der Waals surface area contributed by atoms with Crippen LogP contribution in [-0.4, -0.2) is 13.7 Å². The lowest BCUT2D eigenvalue weighted by molar-refractivity contribution is 0.567. The molecule has 84 valence electrons. The Hall–Kier alpha value is -0.940. The Labute approximate surface area is 89.2 Å². The fourth-order valence-corrected chi connectivity index (χ4v) is 2.28. The number of hydrogen-bond donors (Lipinski definition) is 1. The van der Waals surface area contributed by atoms with Gasteiger partial charge in [-0.3, -0.25) is 0 Å². The molecule has 0 radical (unpaired) electrons. The third-order valence-corrected chi connectivity index (χ3v) is 3.75. The standard InChI is InChI=1S/C10H14FNO2S/c1-2-9(15(12,13)14)7-8-5-3-4-6-10(8)11/h3-6,9H,2,7H2,1H3,(H2,12,13,14). The molecule has 1 unspecified atom stereocenters. The molecular weight excluding hydrogens is 217 g/mol. The molecule has 3 nitrogen and oxygen atoms in total. The maximum absolute atomic E-state index is 13.2. The van der Waals surface area contributed by atoms with Crippen molar-refractivity contribution in [3.8, 4) is 0 Å². The van der Waals surface area contributed by atoms with Gasteiger partial charge in [0.05, 0.1) is 5.25 Å². The molecule has 0 bridgehead atoms. The molecule has 1 aromatic rings. The molecule has 1 aromatic carbocycles. The third kappa shape index (κ3) is 3.28. The van der Waals surface area contributed by atoms with Crippen LogP contribution in [0, 0.1) is 5.82 Å². The van der Waals surface area contributed by atoms with E-state index in [9.17, 15) is 12.8 Å². The first kappa shape index (κ1) is 12.1. The summed E-state index contributed by atoms with van der Waals surface area (Å²) in [5.41, 5.74) is 0.387. The second-order valence-corrected chi connectivity index (χ2v) is 5.26. The minimum atomic E-state index is -3.60. The van der Waals surface area contributed by atoms with Gasteiger partial charge in [-0.2, -0.15) is 0 Å². The number of hydrogen-bond acceptors (Lipinski definition) is 2. The van der Waals surface area contributed by atoms with Crippen LogP contribution >= 0.6 is 0 Å². The van der Waals surface area contributed by atoms with E-state index in [4.69, 9.17) is 5.14 Å². The van der Waals surface area contributed by atoms with Crippen molar-refractivity contribution in [2.45, 2.75) is 25.0 Å². The van der Waals surface area contributed by atoms with Gasteiger partial charge in [0.25, 0.3) is 0 Å². The summed E-state index contributed by atoms with van der Waals surface area (Å²) in [6, 6.07) is 6.12. The van der Waals surface area contributed by atoms with Crippen LogP contribution in [0.15, 0.2) is 24.3 Å². The Morgan fingerprint density at radius 3 is 2.47 bits per heavy atom. The van der Waals surface area contributed by atoms with Crippen LogP contribution in [0.3, 0.4) is 0 Å². The summed E-state index contributed by atoms with van der Waals surface area (Å²) in [6.45, 7) is 1.72. The average molecular weight is 231 g/mol. The molecule has 0 aliphatic heterocycles. The summed E-state index contributed by atoms with van der Waals surface area (Å²) in [6.07, 6.45) is 0.509. The molecule has 1 atom stereocenters. The van der Waals surface area contributed by atoms with Crippen molar-refractivity contribution in [2.24, 2.45) is 5.14 Å². The lowest BCUT2D eigenvalue weighted by Gasteiger charge is -2.12. The highest BCUT2D eigenvalue weighted by atomic mass is 32.2. The van der Waals surface area contributed by atoms with Crippen molar-refractivity contribution in [3.05, 3.63) is 35.6 Å². The Kier molecular flexibility index (Phi) is 3.82. The monoisotopic (exact) mass is 231 g/mol. The topological polar surface area (TPSA) is 60.2 Å². The van der Waals surface area contributed by atoms with Gasteiger partial charge in [0, 0.05) is 0 Å². The molecule has 0 aliphatic rings. The molecule has 2 N–H and O–H groups in total. The maximum Gasteiger partial charge on any atom is 0.212 e. The molecule has 5 heteroatoms. The van der Waals surface area contributed by atoms with Crippen LogP contribution in [-0.2, 0) is 16.4 Å². The van der Waals surface area contributed by atoms with Gasteiger partial charge in [-0.25, -0.2) is 17.9 Å². The number of nitrogens with two attached hydrogens (primary N) is 1. The predicted octanol–water partition coefficient (Wildman–Crippen LogP) is 1.44. The quantitative estimate of drug-likeness (QED) is 0.852. The SMILES string of the molecule is CCC(Cc1ccccc1F)S(N)(=O)=O. The minimum Gasteiger partial charge on any atom is -0.228 e. The van der Waals surface area contributed by atoms with Gasteiger partial charge in [-0.05, 0) is 24.5 Å².